The van der Waals surface area contributed by atoms with Crippen LogP contribution in [0, 0.1) is 17.6 Å². The van der Waals surface area contributed by atoms with Gasteiger partial charge in [-0.25, -0.2) is 8.78 Å². The molecular weight excluding hydrogens is 1760 g/mol. The van der Waals surface area contributed by atoms with E-state index in [1.165, 1.54) is 59.3 Å². The molecule has 5 aromatic carbocycles. The second-order valence-electron chi connectivity index (χ2n) is 34.3. The Kier molecular flexibility index (Phi) is 39.2. The van der Waals surface area contributed by atoms with Gasteiger partial charge in [-0.1, -0.05) is 131 Å². The molecule has 134 heavy (non-hydrogen) atoms. The van der Waals surface area contributed by atoms with Gasteiger partial charge in [0.2, 0.25) is 88.6 Å². The van der Waals surface area contributed by atoms with Gasteiger partial charge in [0.25, 0.3) is 0 Å². The molecule has 3 fully saturated rings. The molecule has 15 atom stereocenters. The predicted octanol–water partition coefficient (Wildman–Crippen LogP) is -0.515. The first-order valence-electron chi connectivity index (χ1n) is 44.7. The lowest BCUT2D eigenvalue weighted by molar-refractivity contribution is -0.152. The summed E-state index contributed by atoms with van der Waals surface area (Å²) >= 11 is 0.697. The fourth-order valence-corrected chi connectivity index (χ4v) is 17.4. The number of nitrogens with zero attached hydrogens (tertiary/aromatic N) is 5. The number of aliphatic hydroxyl groups is 2. The van der Waals surface area contributed by atoms with Gasteiger partial charge in [-0.05, 0) is 116 Å². The smallest absolute Gasteiger partial charge is 0.305 e. The highest BCUT2D eigenvalue weighted by molar-refractivity contribution is 8.00. The predicted molar refractivity (Wildman–Crippen MR) is 489 cm³/mol. The molecule has 0 aliphatic carbocycles. The number of carboxylic acids is 1. The Morgan fingerprint density at radius 2 is 1.01 bits per heavy atom. The van der Waals surface area contributed by atoms with Crippen molar-refractivity contribution in [3.05, 3.63) is 173 Å². The number of fused-ring (bicyclic) bond motifs is 3. The van der Waals surface area contributed by atoms with Crippen molar-refractivity contribution in [2.24, 2.45) is 23.1 Å². The monoisotopic (exact) mass is 1880 g/mol. The summed E-state index contributed by atoms with van der Waals surface area (Å²) in [5.41, 5.74) is 19.8. The average molecular weight is 1880 g/mol. The molecule has 0 spiro atoms. The summed E-state index contributed by atoms with van der Waals surface area (Å²) in [5, 5.41) is 67.9. The highest BCUT2D eigenvalue weighted by Crippen LogP contribution is 2.29. The number of carbonyl (C=O) groups excluding carboxylic acids is 15. The van der Waals surface area contributed by atoms with Crippen molar-refractivity contribution >= 4 is 117 Å². The van der Waals surface area contributed by atoms with E-state index < -0.39 is 260 Å². The standard InChI is InChI=1S/C93H122F2N18O20S/c1-7-8-28-72-92(132)113-49-60(116)44-75(113)88(128)106-69(45-79(119)120)85(125)108-80(52(2)3)93(133)110(5)73(40-53-20-11-9-12-21-53)86(126)103-66(26-17-18-35-96)90(130)112-48-59(115)43-74(112)87(127)105-68(42-57-46-99-64-25-16-15-24-61(57)64)84(124)104-67(38-55-29-32-58(114)33-30-55)83(123)102-65(27-19-36-97)82(122)107-71(81(121)100-47-77(98)117)50-134-51-78(118)101-70(39-56-31-34-62(94)63(95)37-56)89(129)111(6)76(91(131)109(72)4)41-54-22-13-10-14-23-54/h9-16,20-25,29-34,37,46,52,59-60,65-76,80,99,114-116H,7-8,17-19,26-28,35-36,38-45,47-51,96-97H2,1-6H3,(H2,98,117)(H,100,121)(H,101,118)(H,102,123)(H,103,126)(H,104,124)(H,105,127)(H,106,128)(H,107,122)(H,108,125)(H,119,120)/t59-,60-,65-,66+,67+,68+,69+,70-,71+,72+,73+,74-,75-,76+,80+/m1/s1. The molecule has 41 heteroatoms. The number of hydrogen-bond donors (Lipinski definition) is 17. The summed E-state index contributed by atoms with van der Waals surface area (Å²) in [6.07, 6.45) is -4.26. The number of hydrogen-bond acceptors (Lipinski definition) is 22. The molecule has 9 rings (SSSR count). The van der Waals surface area contributed by atoms with E-state index in [4.69, 9.17) is 17.2 Å². The molecule has 0 saturated carbocycles. The lowest BCUT2D eigenvalue weighted by atomic mass is 9.98. The number of carbonyl (C=O) groups is 16. The number of likely N-dealkylation sites (N-methyl/N-ethyl adjacent to an activating group) is 3. The Hall–Kier alpha value is -13.0. The number of nitrogens with one attached hydrogen (secondary N) is 10. The molecule has 0 unspecified atom stereocenters. The number of rotatable bonds is 26. The Labute approximate surface area is 778 Å². The molecule has 3 aliphatic heterocycles. The maximum atomic E-state index is 15.7. The van der Waals surface area contributed by atoms with Crippen molar-refractivity contribution in [2.45, 2.75) is 214 Å². The van der Waals surface area contributed by atoms with Crippen molar-refractivity contribution in [3.63, 3.8) is 0 Å². The number of para-hydroxylation sites is 1. The quantitative estimate of drug-likeness (QED) is 0.0304. The Balaban J connectivity index is 1.14. The van der Waals surface area contributed by atoms with Gasteiger partial charge in [-0.3, -0.25) is 76.7 Å². The normalized spacial score (nSPS) is 24.6. The molecule has 0 radical (unpaired) electrons. The zero-order chi connectivity index (χ0) is 97.7. The van der Waals surface area contributed by atoms with Crippen LogP contribution in [-0.4, -0.2) is 301 Å². The van der Waals surface area contributed by atoms with E-state index in [9.17, 15) is 58.4 Å². The first kappa shape index (κ1) is 105. The van der Waals surface area contributed by atoms with E-state index in [-0.39, 0.29) is 88.6 Å². The minimum Gasteiger partial charge on any atom is -0.508 e. The zero-order valence-corrected chi connectivity index (χ0v) is 76.5. The highest BCUT2D eigenvalue weighted by atomic mass is 32.2. The zero-order valence-electron chi connectivity index (χ0n) is 75.7. The molecule has 6 aromatic rings. The fraction of sp³-hybridized carbons (Fsp3) is 0.484. The number of thioether (sulfide) groups is 1. The lowest BCUT2D eigenvalue weighted by Crippen LogP contribution is -2.62. The Morgan fingerprint density at radius 3 is 1.61 bits per heavy atom. The second kappa shape index (κ2) is 50.2. The van der Waals surface area contributed by atoms with Crippen molar-refractivity contribution in [3.8, 4) is 5.75 Å². The number of amides is 15. The molecule has 3 aliphatic rings. The van der Waals surface area contributed by atoms with Crippen LogP contribution in [0.5, 0.6) is 5.75 Å². The molecule has 724 valence electrons. The SMILES string of the molecule is CCCC[C@H]1C(=O)N2C[C@H](O)C[C@@H]2C(=O)N[C@@H](CC(=O)O)C(=O)N[C@@H](C(C)C)C(=O)N(C)[C@@H](Cc2ccccc2)C(=O)N[C@@H](CCCCN)C(=O)N2C[C@H](O)C[C@@H]2C(=O)N[C@@H](Cc2c[nH]c3ccccc23)C(=O)N[C@@H](Cc2ccc(O)cc2)C(=O)N[C@H](CCCN)C(=O)N[C@H](C(=O)NCC(N)=O)CSCC(=O)N[C@H](Cc2ccc(F)c(F)c2)C(=O)N(C)[C@@H](Cc2ccccc2)C(=O)N1C. The van der Waals surface area contributed by atoms with Gasteiger partial charge in [0, 0.05) is 102 Å². The number of benzene rings is 5. The van der Waals surface area contributed by atoms with Crippen LogP contribution in [0.3, 0.4) is 0 Å². The maximum absolute atomic E-state index is 15.7. The molecular formula is C93H122F2N18O20S. The van der Waals surface area contributed by atoms with E-state index in [1.54, 1.807) is 98.0 Å². The van der Waals surface area contributed by atoms with Crippen LogP contribution < -0.4 is 65.1 Å². The van der Waals surface area contributed by atoms with Crippen molar-refractivity contribution in [1.82, 2.24) is 77.3 Å². The summed E-state index contributed by atoms with van der Waals surface area (Å²) in [7, 11) is 3.76. The maximum Gasteiger partial charge on any atom is 0.305 e. The first-order valence-corrected chi connectivity index (χ1v) is 45.8. The van der Waals surface area contributed by atoms with Crippen molar-refractivity contribution in [2.75, 3.05) is 65.4 Å². The lowest BCUT2D eigenvalue weighted by Gasteiger charge is -2.38. The van der Waals surface area contributed by atoms with Gasteiger partial charge >= 0.3 is 5.97 Å². The highest BCUT2D eigenvalue weighted by Gasteiger charge is 2.48. The average Bonchev–Trinajstić information content (AvgIpc) is 1.54. The number of aromatic nitrogens is 1. The van der Waals surface area contributed by atoms with Crippen LogP contribution in [0.4, 0.5) is 8.78 Å². The summed E-state index contributed by atoms with van der Waals surface area (Å²) in [6, 6.07) is 10.4. The van der Waals surface area contributed by atoms with Crippen LogP contribution in [0.25, 0.3) is 10.9 Å². The number of unbranched alkanes of at least 4 members (excludes halogenated alkanes) is 2. The van der Waals surface area contributed by atoms with Gasteiger partial charge in [-0.15, -0.1) is 11.8 Å². The summed E-state index contributed by atoms with van der Waals surface area (Å²) in [5.74, 6) is -21.4. The van der Waals surface area contributed by atoms with Gasteiger partial charge in [0.05, 0.1) is 30.9 Å². The largest absolute Gasteiger partial charge is 0.508 e. The molecule has 4 heterocycles. The number of aromatic hydroxyl groups is 1. The third kappa shape index (κ3) is 29.3. The van der Waals surface area contributed by atoms with Gasteiger partial charge in [0.1, 0.15) is 84.3 Å². The minimum atomic E-state index is -2.02. The summed E-state index contributed by atoms with van der Waals surface area (Å²) in [4.78, 5) is 246. The number of phenols is 1. The number of phenolic OH excluding ortho intramolecular Hbond substituents is 1. The molecule has 20 N–H and O–H groups in total. The third-order valence-corrected chi connectivity index (χ3v) is 25.0. The number of aliphatic carboxylic acids is 1. The van der Waals surface area contributed by atoms with E-state index in [1.807, 2.05) is 0 Å². The molecule has 15 amide bonds. The first-order chi connectivity index (χ1) is 63.9. The Bertz CT molecular complexity index is 5140. The third-order valence-electron chi connectivity index (χ3n) is 23.9. The number of H-pyrrole nitrogens is 1. The number of halogens is 2. The van der Waals surface area contributed by atoms with Gasteiger partial charge < -0.3 is 115 Å². The Morgan fingerprint density at radius 1 is 0.500 bits per heavy atom. The van der Waals surface area contributed by atoms with Crippen LogP contribution in [0.1, 0.15) is 119 Å². The van der Waals surface area contributed by atoms with Crippen LogP contribution in [-0.2, 0) is 109 Å². The molecule has 1 aromatic heterocycles. The number of aliphatic hydroxyl groups excluding tert-OH is 2. The van der Waals surface area contributed by atoms with E-state index in [0.29, 0.717) is 57.8 Å². The van der Waals surface area contributed by atoms with Crippen LogP contribution in [0.15, 0.2) is 134 Å². The number of nitrogens with two attached hydrogens (primary N) is 3. The van der Waals surface area contributed by atoms with Crippen LogP contribution >= 0.6 is 11.8 Å². The summed E-state index contributed by atoms with van der Waals surface area (Å²) < 4.78 is 29.8. The van der Waals surface area contributed by atoms with Crippen molar-refractivity contribution < 1.29 is 106 Å². The topological polar surface area (TPSA) is 572 Å². The molecule has 0 bridgehead atoms. The number of carboxylic acid groups (broad SMARTS) is 1. The number of primary amides is 1. The molecule has 3 saturated heterocycles. The van der Waals surface area contributed by atoms with E-state index in [2.05, 4.69) is 52.8 Å². The van der Waals surface area contributed by atoms with E-state index in [0.717, 1.165) is 42.7 Å². The van der Waals surface area contributed by atoms with Gasteiger partial charge in [0.15, 0.2) is 11.6 Å². The minimum absolute atomic E-state index is 0.0310. The molecule has 38 nitrogen and oxygen atoms in total. The summed E-state index contributed by atoms with van der Waals surface area (Å²) in [6.45, 7) is 3.13. The fourth-order valence-electron chi connectivity index (χ4n) is 16.5. The number of aromatic amines is 1. The van der Waals surface area contributed by atoms with Crippen LogP contribution in [0.2, 0.25) is 0 Å². The second-order valence-corrected chi connectivity index (χ2v) is 35.4. The van der Waals surface area contributed by atoms with E-state index >= 15 is 47.5 Å². The van der Waals surface area contributed by atoms with Crippen molar-refractivity contribution in [1.29, 1.82) is 0 Å². The van der Waals surface area contributed by atoms with Gasteiger partial charge in [-0.2, -0.15) is 0 Å².